The van der Waals surface area contributed by atoms with E-state index in [1.807, 2.05) is 6.07 Å². The average Bonchev–Trinajstić information content (AvgIpc) is 2.76. The van der Waals surface area contributed by atoms with E-state index < -0.39 is 0 Å². The maximum Gasteiger partial charge on any atom is 0.252 e. The van der Waals surface area contributed by atoms with Crippen LogP contribution >= 0.6 is 38.9 Å². The van der Waals surface area contributed by atoms with E-state index in [2.05, 4.69) is 39.6 Å². The SMILES string of the molecule is CNC(=O)c1cc(NCc2cc(Br)c(C)s2)ccc1Cl. The van der Waals surface area contributed by atoms with Crippen molar-refractivity contribution < 1.29 is 4.79 Å². The van der Waals surface area contributed by atoms with Crippen molar-refractivity contribution in [2.75, 3.05) is 12.4 Å². The summed E-state index contributed by atoms with van der Waals surface area (Å²) in [6.45, 7) is 2.79. The van der Waals surface area contributed by atoms with Crippen LogP contribution in [0.15, 0.2) is 28.7 Å². The minimum Gasteiger partial charge on any atom is -0.380 e. The zero-order chi connectivity index (χ0) is 14.7. The molecule has 0 bridgehead atoms. The predicted molar refractivity (Wildman–Crippen MR) is 88.9 cm³/mol. The van der Waals surface area contributed by atoms with Gasteiger partial charge in [0.25, 0.3) is 5.91 Å². The minimum atomic E-state index is -0.187. The number of carbonyl (C=O) groups excluding carboxylic acids is 1. The molecule has 1 heterocycles. The van der Waals surface area contributed by atoms with Gasteiger partial charge in [-0.25, -0.2) is 0 Å². The van der Waals surface area contributed by atoms with Crippen LogP contribution in [0, 0.1) is 6.92 Å². The zero-order valence-electron chi connectivity index (χ0n) is 11.1. The quantitative estimate of drug-likeness (QED) is 0.831. The highest BCUT2D eigenvalue weighted by Crippen LogP contribution is 2.27. The summed E-state index contributed by atoms with van der Waals surface area (Å²) in [5.74, 6) is -0.187. The number of hydrogen-bond acceptors (Lipinski definition) is 3. The van der Waals surface area contributed by atoms with Gasteiger partial charge in [0.2, 0.25) is 0 Å². The second kappa shape index (κ2) is 6.61. The Morgan fingerprint density at radius 3 is 2.75 bits per heavy atom. The van der Waals surface area contributed by atoms with Crippen LogP contribution in [0.1, 0.15) is 20.1 Å². The summed E-state index contributed by atoms with van der Waals surface area (Å²) < 4.78 is 1.13. The second-order valence-corrected chi connectivity index (χ2v) is 6.85. The minimum absolute atomic E-state index is 0.187. The van der Waals surface area contributed by atoms with E-state index in [-0.39, 0.29) is 5.91 Å². The van der Waals surface area contributed by atoms with E-state index >= 15 is 0 Å². The largest absolute Gasteiger partial charge is 0.380 e. The fourth-order valence-electron chi connectivity index (χ4n) is 1.74. The average molecular weight is 374 g/mol. The molecular weight excluding hydrogens is 360 g/mol. The van der Waals surface area contributed by atoms with Crippen molar-refractivity contribution in [3.8, 4) is 0 Å². The van der Waals surface area contributed by atoms with Crippen LogP contribution in [0.2, 0.25) is 5.02 Å². The first-order valence-corrected chi connectivity index (χ1v) is 8.00. The molecule has 0 aliphatic carbocycles. The van der Waals surface area contributed by atoms with Crippen LogP contribution in [0.25, 0.3) is 0 Å². The molecular formula is C14H14BrClN2OS. The normalized spacial score (nSPS) is 10.4. The van der Waals surface area contributed by atoms with Crippen LogP contribution in [-0.2, 0) is 6.54 Å². The Morgan fingerprint density at radius 2 is 2.15 bits per heavy atom. The van der Waals surface area contributed by atoms with Crippen molar-refractivity contribution in [1.29, 1.82) is 0 Å². The van der Waals surface area contributed by atoms with Gasteiger partial charge in [-0.05, 0) is 47.1 Å². The third-order valence-electron chi connectivity index (χ3n) is 2.81. The highest BCUT2D eigenvalue weighted by atomic mass is 79.9. The van der Waals surface area contributed by atoms with Gasteiger partial charge in [0.05, 0.1) is 10.6 Å². The molecule has 1 aromatic heterocycles. The number of rotatable bonds is 4. The van der Waals surface area contributed by atoms with Crippen LogP contribution < -0.4 is 10.6 Å². The van der Waals surface area contributed by atoms with E-state index in [0.29, 0.717) is 17.1 Å². The van der Waals surface area contributed by atoms with Crippen molar-refractivity contribution in [3.05, 3.63) is 49.1 Å². The summed E-state index contributed by atoms with van der Waals surface area (Å²) in [6.07, 6.45) is 0. The number of aryl methyl sites for hydroxylation is 1. The summed E-state index contributed by atoms with van der Waals surface area (Å²) in [6, 6.07) is 7.45. The molecule has 2 aromatic rings. The number of nitrogens with one attached hydrogen (secondary N) is 2. The zero-order valence-corrected chi connectivity index (χ0v) is 14.2. The van der Waals surface area contributed by atoms with Crippen LogP contribution in [-0.4, -0.2) is 13.0 Å². The standard InChI is InChI=1S/C14H14BrClN2OS/c1-8-12(15)6-10(20-8)7-18-9-3-4-13(16)11(5-9)14(19)17-2/h3-6,18H,7H2,1-2H3,(H,17,19). The van der Waals surface area contributed by atoms with Crippen molar-refractivity contribution in [2.24, 2.45) is 0 Å². The molecule has 6 heteroatoms. The molecule has 0 fully saturated rings. The first-order valence-electron chi connectivity index (χ1n) is 6.01. The number of carbonyl (C=O) groups is 1. The number of halogens is 2. The summed E-state index contributed by atoms with van der Waals surface area (Å²) in [7, 11) is 1.59. The molecule has 2 rings (SSSR count). The molecule has 0 atom stereocenters. The van der Waals surface area contributed by atoms with Gasteiger partial charge in [0, 0.05) is 33.5 Å². The third kappa shape index (κ3) is 3.53. The smallest absolute Gasteiger partial charge is 0.252 e. The summed E-state index contributed by atoms with van der Waals surface area (Å²) >= 11 is 11.3. The lowest BCUT2D eigenvalue weighted by atomic mass is 10.2. The van der Waals surface area contributed by atoms with Gasteiger partial charge in [-0.1, -0.05) is 11.6 Å². The maximum absolute atomic E-state index is 11.7. The number of amides is 1. The molecule has 0 spiro atoms. The molecule has 0 saturated carbocycles. The topological polar surface area (TPSA) is 41.1 Å². The summed E-state index contributed by atoms with van der Waals surface area (Å²) in [5.41, 5.74) is 1.35. The first kappa shape index (κ1) is 15.4. The van der Waals surface area contributed by atoms with Gasteiger partial charge in [-0.15, -0.1) is 11.3 Å². The summed E-state index contributed by atoms with van der Waals surface area (Å²) in [5, 5.41) is 6.33. The Morgan fingerprint density at radius 1 is 1.40 bits per heavy atom. The molecule has 0 radical (unpaired) electrons. The Bertz CT molecular complexity index is 623. The van der Waals surface area contributed by atoms with Crippen LogP contribution in [0.3, 0.4) is 0 Å². The highest BCUT2D eigenvalue weighted by molar-refractivity contribution is 9.10. The molecule has 0 aliphatic heterocycles. The number of benzene rings is 1. The molecule has 1 amide bonds. The van der Waals surface area contributed by atoms with Crippen molar-refractivity contribution in [3.63, 3.8) is 0 Å². The van der Waals surface area contributed by atoms with Crippen molar-refractivity contribution >= 4 is 50.5 Å². The van der Waals surface area contributed by atoms with Gasteiger partial charge < -0.3 is 10.6 Å². The lowest BCUT2D eigenvalue weighted by Gasteiger charge is -2.08. The maximum atomic E-state index is 11.7. The van der Waals surface area contributed by atoms with Gasteiger partial charge in [-0.3, -0.25) is 4.79 Å². The summed E-state index contributed by atoms with van der Waals surface area (Å²) in [4.78, 5) is 14.2. The Labute approximate surface area is 135 Å². The van der Waals surface area contributed by atoms with Gasteiger partial charge in [-0.2, -0.15) is 0 Å². The van der Waals surface area contributed by atoms with E-state index in [0.717, 1.165) is 10.2 Å². The first-order chi connectivity index (χ1) is 9.51. The second-order valence-electron chi connectivity index (χ2n) is 4.24. The Hall–Kier alpha value is -1.04. The number of anilines is 1. The highest BCUT2D eigenvalue weighted by Gasteiger charge is 2.09. The molecule has 3 nitrogen and oxygen atoms in total. The molecule has 0 saturated heterocycles. The fourth-order valence-corrected chi connectivity index (χ4v) is 3.48. The fraction of sp³-hybridized carbons (Fsp3) is 0.214. The van der Waals surface area contributed by atoms with Crippen LogP contribution in [0.4, 0.5) is 5.69 Å². The Balaban J connectivity index is 2.12. The van der Waals surface area contributed by atoms with E-state index in [1.54, 1.807) is 30.5 Å². The molecule has 106 valence electrons. The number of thiophene rings is 1. The molecule has 2 N–H and O–H groups in total. The third-order valence-corrected chi connectivity index (χ3v) is 5.28. The van der Waals surface area contributed by atoms with E-state index in [4.69, 9.17) is 11.6 Å². The molecule has 1 aromatic carbocycles. The lowest BCUT2D eigenvalue weighted by molar-refractivity contribution is 0.0963. The van der Waals surface area contributed by atoms with Crippen LogP contribution in [0.5, 0.6) is 0 Å². The van der Waals surface area contributed by atoms with Gasteiger partial charge >= 0.3 is 0 Å². The molecule has 0 unspecified atom stereocenters. The Kier molecular flexibility index (Phi) is 5.07. The van der Waals surface area contributed by atoms with E-state index in [1.165, 1.54) is 9.75 Å². The van der Waals surface area contributed by atoms with Crippen molar-refractivity contribution in [2.45, 2.75) is 13.5 Å². The molecule has 0 aliphatic rings. The van der Waals surface area contributed by atoms with Gasteiger partial charge in [0.1, 0.15) is 0 Å². The predicted octanol–water partition coefficient (Wildman–Crippen LogP) is 4.44. The van der Waals surface area contributed by atoms with E-state index in [9.17, 15) is 4.79 Å². The monoisotopic (exact) mass is 372 g/mol. The van der Waals surface area contributed by atoms with Crippen molar-refractivity contribution in [1.82, 2.24) is 5.32 Å². The van der Waals surface area contributed by atoms with Gasteiger partial charge in [0.15, 0.2) is 0 Å². The number of hydrogen-bond donors (Lipinski definition) is 2. The molecule has 20 heavy (non-hydrogen) atoms. The lowest BCUT2D eigenvalue weighted by Crippen LogP contribution is -2.18.